The molecule has 15 heavy (non-hydrogen) atoms. The van der Waals surface area contributed by atoms with E-state index in [0.717, 1.165) is 5.92 Å². The van der Waals surface area contributed by atoms with Crippen molar-refractivity contribution in [2.24, 2.45) is 16.7 Å². The van der Waals surface area contributed by atoms with Crippen LogP contribution < -0.4 is 0 Å². The highest BCUT2D eigenvalue weighted by molar-refractivity contribution is 4.91. The smallest absolute Gasteiger partial charge is 0.0252 e. The lowest BCUT2D eigenvalue weighted by atomic mass is 9.57. The average Bonchev–Trinajstić information content (AvgIpc) is 2.24. The Morgan fingerprint density at radius 1 is 0.933 bits per heavy atom. The zero-order valence-electron chi connectivity index (χ0n) is 12.1. The highest BCUT2D eigenvalue weighted by Crippen LogP contribution is 2.50. The Balaban J connectivity index is 4.68. The molecule has 0 radical (unpaired) electrons. The van der Waals surface area contributed by atoms with Crippen molar-refractivity contribution in [1.82, 2.24) is 0 Å². The van der Waals surface area contributed by atoms with E-state index in [2.05, 4.69) is 48.5 Å². The van der Waals surface area contributed by atoms with Crippen LogP contribution in [0.25, 0.3) is 0 Å². The molecule has 2 atom stereocenters. The second-order valence-electron chi connectivity index (χ2n) is 6.05. The second-order valence-corrected chi connectivity index (χ2v) is 6.05. The molecule has 0 aromatic heterocycles. The molecule has 92 valence electrons. The van der Waals surface area contributed by atoms with Crippen LogP contribution in [0.2, 0.25) is 0 Å². The summed E-state index contributed by atoms with van der Waals surface area (Å²) in [5.74, 6) is 0.845. The van der Waals surface area contributed by atoms with Crippen LogP contribution in [0.5, 0.6) is 0 Å². The van der Waals surface area contributed by atoms with Gasteiger partial charge >= 0.3 is 0 Å². The van der Waals surface area contributed by atoms with E-state index in [9.17, 15) is 0 Å². The van der Waals surface area contributed by atoms with Crippen LogP contribution in [0.4, 0.5) is 0 Å². The third kappa shape index (κ3) is 3.23. The van der Waals surface area contributed by atoms with Gasteiger partial charge in [0, 0.05) is 0 Å². The summed E-state index contributed by atoms with van der Waals surface area (Å²) in [5.41, 5.74) is 0.964. The van der Waals surface area contributed by atoms with Crippen molar-refractivity contribution < 1.29 is 0 Å². The van der Waals surface area contributed by atoms with E-state index < -0.39 is 0 Å². The summed E-state index contributed by atoms with van der Waals surface area (Å²) in [5, 5.41) is 0. The largest absolute Gasteiger partial charge is 0.0654 e. The van der Waals surface area contributed by atoms with Gasteiger partial charge in [-0.2, -0.15) is 0 Å². The molecule has 2 unspecified atom stereocenters. The number of hydrogen-bond acceptors (Lipinski definition) is 0. The number of unbranched alkanes of at least 4 members (excludes halogenated alkanes) is 1. The predicted molar refractivity (Wildman–Crippen MR) is 71.2 cm³/mol. The van der Waals surface area contributed by atoms with Gasteiger partial charge in [-0.15, -0.1) is 0 Å². The van der Waals surface area contributed by atoms with E-state index in [4.69, 9.17) is 0 Å². The number of rotatable bonds is 7. The Hall–Kier alpha value is 0. The molecule has 0 amide bonds. The zero-order valence-corrected chi connectivity index (χ0v) is 12.1. The first-order valence-electron chi connectivity index (χ1n) is 6.85. The van der Waals surface area contributed by atoms with Gasteiger partial charge in [0.1, 0.15) is 0 Å². The summed E-state index contributed by atoms with van der Waals surface area (Å²) >= 11 is 0. The summed E-state index contributed by atoms with van der Waals surface area (Å²) in [6.07, 6.45) is 6.70. The van der Waals surface area contributed by atoms with Crippen LogP contribution >= 0.6 is 0 Å². The molecule has 0 aliphatic carbocycles. The van der Waals surface area contributed by atoms with Crippen molar-refractivity contribution in [3.05, 3.63) is 0 Å². The average molecular weight is 212 g/mol. The minimum absolute atomic E-state index is 0.467. The van der Waals surface area contributed by atoms with Gasteiger partial charge in [-0.1, -0.05) is 74.1 Å². The van der Waals surface area contributed by atoms with Gasteiger partial charge in [-0.3, -0.25) is 0 Å². The maximum atomic E-state index is 2.50. The topological polar surface area (TPSA) is 0 Å². The first kappa shape index (κ1) is 15.0. The highest BCUT2D eigenvalue weighted by atomic mass is 14.5. The van der Waals surface area contributed by atoms with Gasteiger partial charge in [0.05, 0.1) is 0 Å². The fourth-order valence-corrected chi connectivity index (χ4v) is 2.73. The summed E-state index contributed by atoms with van der Waals surface area (Å²) in [7, 11) is 0. The van der Waals surface area contributed by atoms with E-state index in [1.54, 1.807) is 0 Å². The second kappa shape index (κ2) is 5.92. The molecular weight excluding hydrogens is 180 g/mol. The van der Waals surface area contributed by atoms with E-state index in [-0.39, 0.29) is 0 Å². The fraction of sp³-hybridized carbons (Fsp3) is 1.00. The van der Waals surface area contributed by atoms with Gasteiger partial charge in [0.2, 0.25) is 0 Å². The van der Waals surface area contributed by atoms with Crippen LogP contribution in [-0.2, 0) is 0 Å². The van der Waals surface area contributed by atoms with Crippen molar-refractivity contribution in [3.63, 3.8) is 0 Å². The summed E-state index contributed by atoms with van der Waals surface area (Å²) in [6.45, 7) is 16.8. The monoisotopic (exact) mass is 212 g/mol. The van der Waals surface area contributed by atoms with Gasteiger partial charge in [0.15, 0.2) is 0 Å². The van der Waals surface area contributed by atoms with Crippen LogP contribution in [0.15, 0.2) is 0 Å². The van der Waals surface area contributed by atoms with E-state index in [1.807, 2.05) is 0 Å². The van der Waals surface area contributed by atoms with Crippen molar-refractivity contribution in [1.29, 1.82) is 0 Å². The predicted octanol–water partition coefficient (Wildman–Crippen LogP) is 5.67. The molecule has 0 heteroatoms. The highest BCUT2D eigenvalue weighted by Gasteiger charge is 2.41. The Bertz CT molecular complexity index is 169. The molecule has 0 heterocycles. The lowest BCUT2D eigenvalue weighted by molar-refractivity contribution is 0.0149. The Morgan fingerprint density at radius 3 is 1.80 bits per heavy atom. The molecule has 0 fully saturated rings. The van der Waals surface area contributed by atoms with Gasteiger partial charge in [0.25, 0.3) is 0 Å². The minimum Gasteiger partial charge on any atom is -0.0654 e. The standard InChI is InChI=1S/C15H32/c1-8-11-12-13(4)15(7,10-3)14(5,6)9-2/h13H,8-12H2,1-7H3. The molecule has 0 nitrogen and oxygen atoms in total. The van der Waals surface area contributed by atoms with E-state index in [0.29, 0.717) is 10.8 Å². The molecule has 0 saturated heterocycles. The summed E-state index contributed by atoms with van der Waals surface area (Å²) in [6, 6.07) is 0. The third-order valence-corrected chi connectivity index (χ3v) is 5.24. The Morgan fingerprint density at radius 2 is 1.47 bits per heavy atom. The Labute approximate surface area is 97.8 Å². The third-order valence-electron chi connectivity index (χ3n) is 5.24. The molecule has 0 aliphatic rings. The molecule has 0 rings (SSSR count). The maximum Gasteiger partial charge on any atom is -0.0252 e. The molecule has 0 aromatic rings. The van der Waals surface area contributed by atoms with Crippen LogP contribution in [-0.4, -0.2) is 0 Å². The van der Waals surface area contributed by atoms with Gasteiger partial charge in [-0.25, -0.2) is 0 Å². The lowest BCUT2D eigenvalue weighted by Crippen LogP contribution is -2.39. The van der Waals surface area contributed by atoms with E-state index in [1.165, 1.54) is 32.1 Å². The first-order chi connectivity index (χ1) is 6.85. The normalized spacial score (nSPS) is 18.6. The molecule has 0 saturated carbocycles. The molecule has 0 spiro atoms. The van der Waals surface area contributed by atoms with Crippen molar-refractivity contribution >= 4 is 0 Å². The first-order valence-corrected chi connectivity index (χ1v) is 6.85. The van der Waals surface area contributed by atoms with E-state index >= 15 is 0 Å². The van der Waals surface area contributed by atoms with Crippen LogP contribution in [0.3, 0.4) is 0 Å². The maximum absolute atomic E-state index is 2.50. The summed E-state index contributed by atoms with van der Waals surface area (Å²) in [4.78, 5) is 0. The van der Waals surface area contributed by atoms with Crippen LogP contribution in [0.1, 0.15) is 80.6 Å². The van der Waals surface area contributed by atoms with Crippen molar-refractivity contribution in [2.75, 3.05) is 0 Å². The van der Waals surface area contributed by atoms with Gasteiger partial charge in [-0.05, 0) is 23.2 Å². The lowest BCUT2D eigenvalue weighted by Gasteiger charge is -2.48. The quantitative estimate of drug-likeness (QED) is 0.510. The molecule has 0 N–H and O–H groups in total. The molecule has 0 bridgehead atoms. The van der Waals surface area contributed by atoms with Gasteiger partial charge < -0.3 is 0 Å². The SMILES string of the molecule is CCCCC(C)C(C)(CC)C(C)(C)CC. The molecule has 0 aromatic carbocycles. The molecule has 0 aliphatic heterocycles. The molecular formula is C15H32. The Kier molecular flexibility index (Phi) is 5.92. The fourth-order valence-electron chi connectivity index (χ4n) is 2.73. The minimum atomic E-state index is 0.467. The number of hydrogen-bond donors (Lipinski definition) is 0. The van der Waals surface area contributed by atoms with Crippen molar-refractivity contribution in [3.8, 4) is 0 Å². The van der Waals surface area contributed by atoms with Crippen LogP contribution in [0, 0.1) is 16.7 Å². The zero-order chi connectivity index (χ0) is 12.1. The van der Waals surface area contributed by atoms with Crippen molar-refractivity contribution in [2.45, 2.75) is 80.6 Å². The summed E-state index contributed by atoms with van der Waals surface area (Å²) < 4.78 is 0.